The number of amides is 3. The number of nitrogens with one attached hydrogen (secondary N) is 2. The summed E-state index contributed by atoms with van der Waals surface area (Å²) in [5, 5.41) is 5.13. The van der Waals surface area contributed by atoms with Crippen molar-refractivity contribution in [3.63, 3.8) is 0 Å². The molecule has 0 aromatic carbocycles. The molecular formula is C19H33N3O7. The van der Waals surface area contributed by atoms with Gasteiger partial charge < -0.3 is 25.0 Å². The summed E-state index contributed by atoms with van der Waals surface area (Å²) in [7, 11) is 0. The minimum atomic E-state index is -0.425. The second kappa shape index (κ2) is 16.6. The summed E-state index contributed by atoms with van der Waals surface area (Å²) < 4.78 is 10.5. The Balaban J connectivity index is 3.84. The average molecular weight is 415 g/mol. The first kappa shape index (κ1) is 26.7. The highest BCUT2D eigenvalue weighted by atomic mass is 16.5. The maximum Gasteiger partial charge on any atom is 0.229 e. The zero-order chi connectivity index (χ0) is 22.1. The molecule has 29 heavy (non-hydrogen) atoms. The normalized spacial score (nSPS) is 10.3. The van der Waals surface area contributed by atoms with Gasteiger partial charge in [-0.15, -0.1) is 0 Å². The fraction of sp³-hybridized carbons (Fsp3) is 0.737. The predicted octanol–water partition coefficient (Wildman–Crippen LogP) is -0.551. The monoisotopic (exact) mass is 415 g/mol. The predicted molar refractivity (Wildman–Crippen MR) is 105 cm³/mol. The Hall–Kier alpha value is -2.33. The van der Waals surface area contributed by atoms with Crippen LogP contribution in [-0.2, 0) is 33.4 Å². The van der Waals surface area contributed by atoms with Crippen LogP contribution in [0.3, 0.4) is 0 Å². The fourth-order valence-corrected chi connectivity index (χ4v) is 2.23. The standard InChI is InChI=1S/C19H33N3O7/c1-4-8-28-10-6-20-17(25)12-18(26)21-7-11-29-9-5-19(27)22(13-15(2)23)14-16(3)24/h4-14H2,1-3H3,(H,20,25)(H,21,26). The van der Waals surface area contributed by atoms with E-state index < -0.39 is 5.91 Å². The van der Waals surface area contributed by atoms with E-state index in [4.69, 9.17) is 9.47 Å². The average Bonchev–Trinajstić information content (AvgIpc) is 2.62. The Morgan fingerprint density at radius 2 is 1.24 bits per heavy atom. The highest BCUT2D eigenvalue weighted by molar-refractivity contribution is 5.96. The number of carbonyl (C=O) groups excluding carboxylic acids is 5. The Morgan fingerprint density at radius 1 is 0.759 bits per heavy atom. The molecule has 0 fully saturated rings. The molecule has 0 aliphatic rings. The molecule has 0 spiro atoms. The number of ether oxygens (including phenoxy) is 2. The van der Waals surface area contributed by atoms with Crippen LogP contribution in [0.5, 0.6) is 0 Å². The first-order chi connectivity index (χ1) is 13.8. The van der Waals surface area contributed by atoms with E-state index in [0.29, 0.717) is 19.8 Å². The lowest BCUT2D eigenvalue weighted by Gasteiger charge is -2.19. The highest BCUT2D eigenvalue weighted by Crippen LogP contribution is 1.97. The lowest BCUT2D eigenvalue weighted by Crippen LogP contribution is -2.38. The van der Waals surface area contributed by atoms with Crippen molar-refractivity contribution in [1.29, 1.82) is 0 Å². The Kier molecular flexibility index (Phi) is 15.3. The second-order valence-corrected chi connectivity index (χ2v) is 6.51. The van der Waals surface area contributed by atoms with Crippen LogP contribution in [0.2, 0.25) is 0 Å². The van der Waals surface area contributed by atoms with Crippen LogP contribution >= 0.6 is 0 Å². The van der Waals surface area contributed by atoms with Crippen molar-refractivity contribution in [3.05, 3.63) is 0 Å². The van der Waals surface area contributed by atoms with Gasteiger partial charge in [-0.05, 0) is 20.3 Å². The molecule has 2 N–H and O–H groups in total. The van der Waals surface area contributed by atoms with Gasteiger partial charge in [0.1, 0.15) is 18.0 Å². The summed E-state index contributed by atoms with van der Waals surface area (Å²) in [4.78, 5) is 58.8. The van der Waals surface area contributed by atoms with Crippen LogP contribution in [0.15, 0.2) is 0 Å². The number of Topliss-reactive ketones (excluding diaryl/α,β-unsaturated/α-hetero) is 2. The maximum atomic E-state index is 12.0. The third-order valence-corrected chi connectivity index (χ3v) is 3.45. The van der Waals surface area contributed by atoms with E-state index in [2.05, 4.69) is 10.6 Å². The molecule has 3 amide bonds. The third kappa shape index (κ3) is 16.3. The zero-order valence-corrected chi connectivity index (χ0v) is 17.6. The summed E-state index contributed by atoms with van der Waals surface area (Å²) in [6.45, 7) is 6.32. The van der Waals surface area contributed by atoms with Crippen LogP contribution < -0.4 is 10.6 Å². The van der Waals surface area contributed by atoms with Crippen molar-refractivity contribution >= 4 is 29.3 Å². The summed E-state index contributed by atoms with van der Waals surface area (Å²) in [5.41, 5.74) is 0. The number of nitrogens with zero attached hydrogens (tertiary/aromatic N) is 1. The number of hydrogen-bond donors (Lipinski definition) is 2. The molecule has 0 aromatic heterocycles. The number of carbonyl (C=O) groups is 5. The molecule has 0 saturated carbocycles. The summed E-state index contributed by atoms with van der Waals surface area (Å²) in [5.74, 6) is -1.57. The van der Waals surface area contributed by atoms with E-state index >= 15 is 0 Å². The van der Waals surface area contributed by atoms with E-state index in [0.717, 1.165) is 6.42 Å². The molecule has 0 aromatic rings. The smallest absolute Gasteiger partial charge is 0.229 e. The number of ketones is 2. The van der Waals surface area contributed by atoms with Gasteiger partial charge >= 0.3 is 0 Å². The summed E-state index contributed by atoms with van der Waals surface area (Å²) in [6, 6.07) is 0. The van der Waals surface area contributed by atoms with Crippen LogP contribution in [0.25, 0.3) is 0 Å². The van der Waals surface area contributed by atoms with Crippen LogP contribution in [0.4, 0.5) is 0 Å². The zero-order valence-electron chi connectivity index (χ0n) is 17.6. The molecule has 0 heterocycles. The minimum absolute atomic E-state index is 0.0248. The van der Waals surface area contributed by atoms with Crippen molar-refractivity contribution in [2.24, 2.45) is 0 Å². The third-order valence-electron chi connectivity index (χ3n) is 3.45. The molecule has 0 bridgehead atoms. The van der Waals surface area contributed by atoms with E-state index in [1.165, 1.54) is 18.7 Å². The molecule has 0 atom stereocenters. The van der Waals surface area contributed by atoms with Crippen LogP contribution in [-0.4, -0.2) is 86.8 Å². The maximum absolute atomic E-state index is 12.0. The van der Waals surface area contributed by atoms with Crippen LogP contribution in [0.1, 0.15) is 40.0 Å². The van der Waals surface area contributed by atoms with Crippen LogP contribution in [0, 0.1) is 0 Å². The van der Waals surface area contributed by atoms with E-state index in [9.17, 15) is 24.0 Å². The Bertz CT molecular complexity index is 536. The van der Waals surface area contributed by atoms with Gasteiger partial charge in [-0.1, -0.05) is 6.92 Å². The molecule has 0 radical (unpaired) electrons. The Morgan fingerprint density at radius 3 is 1.69 bits per heavy atom. The SMILES string of the molecule is CCCOCCNC(=O)CC(=O)NCCOCCC(=O)N(CC(C)=O)CC(C)=O. The van der Waals surface area contributed by atoms with Gasteiger partial charge in [-0.3, -0.25) is 24.0 Å². The minimum Gasteiger partial charge on any atom is -0.380 e. The molecule has 0 aliphatic carbocycles. The Labute approximate surface area is 171 Å². The molecule has 10 heteroatoms. The van der Waals surface area contributed by atoms with E-state index in [-0.39, 0.29) is 69.1 Å². The molecular weight excluding hydrogens is 382 g/mol. The molecule has 0 aliphatic heterocycles. The quantitative estimate of drug-likeness (QED) is 0.241. The first-order valence-electron chi connectivity index (χ1n) is 9.71. The summed E-state index contributed by atoms with van der Waals surface area (Å²) in [6.07, 6.45) is 0.649. The van der Waals surface area contributed by atoms with E-state index in [1.54, 1.807) is 0 Å². The molecule has 166 valence electrons. The van der Waals surface area contributed by atoms with Crippen molar-refractivity contribution in [3.8, 4) is 0 Å². The van der Waals surface area contributed by atoms with Crippen molar-refractivity contribution in [1.82, 2.24) is 15.5 Å². The summed E-state index contributed by atoms with van der Waals surface area (Å²) >= 11 is 0. The van der Waals surface area contributed by atoms with Gasteiger partial charge in [0, 0.05) is 19.7 Å². The van der Waals surface area contributed by atoms with Gasteiger partial charge in [0.15, 0.2) is 0 Å². The lowest BCUT2D eigenvalue weighted by atomic mass is 10.3. The van der Waals surface area contributed by atoms with Gasteiger partial charge in [0.05, 0.1) is 39.3 Å². The van der Waals surface area contributed by atoms with Crippen molar-refractivity contribution in [2.75, 3.05) is 52.6 Å². The van der Waals surface area contributed by atoms with Gasteiger partial charge in [-0.25, -0.2) is 0 Å². The number of hydrogen-bond acceptors (Lipinski definition) is 7. The van der Waals surface area contributed by atoms with Crippen molar-refractivity contribution in [2.45, 2.75) is 40.0 Å². The first-order valence-corrected chi connectivity index (χ1v) is 9.71. The highest BCUT2D eigenvalue weighted by Gasteiger charge is 2.16. The lowest BCUT2D eigenvalue weighted by molar-refractivity contribution is -0.138. The molecule has 0 rings (SSSR count). The van der Waals surface area contributed by atoms with Crippen molar-refractivity contribution < 1.29 is 33.4 Å². The molecule has 0 saturated heterocycles. The second-order valence-electron chi connectivity index (χ2n) is 6.51. The van der Waals surface area contributed by atoms with Gasteiger partial charge in [-0.2, -0.15) is 0 Å². The van der Waals surface area contributed by atoms with Gasteiger partial charge in [0.2, 0.25) is 17.7 Å². The molecule has 0 unspecified atom stereocenters. The molecule has 10 nitrogen and oxygen atoms in total. The van der Waals surface area contributed by atoms with Gasteiger partial charge in [0.25, 0.3) is 0 Å². The largest absolute Gasteiger partial charge is 0.380 e. The topological polar surface area (TPSA) is 131 Å². The number of rotatable bonds is 17. The fourth-order valence-electron chi connectivity index (χ4n) is 2.23. The van der Waals surface area contributed by atoms with E-state index in [1.807, 2.05) is 6.92 Å².